The first-order valence-electron chi connectivity index (χ1n) is 12.2. The van der Waals surface area contributed by atoms with Gasteiger partial charge in [-0.1, -0.05) is 12.1 Å². The minimum Gasteiger partial charge on any atom is -0.497 e. The van der Waals surface area contributed by atoms with Gasteiger partial charge in [0.2, 0.25) is 11.8 Å². The zero-order chi connectivity index (χ0) is 24.4. The van der Waals surface area contributed by atoms with E-state index in [0.717, 1.165) is 68.0 Å². The predicted octanol–water partition coefficient (Wildman–Crippen LogP) is 1.45. The molecular weight excluding hydrogens is 446 g/mol. The number of methoxy groups -OCH3 is 1. The van der Waals surface area contributed by atoms with E-state index in [-0.39, 0.29) is 17.9 Å². The van der Waals surface area contributed by atoms with Gasteiger partial charge < -0.3 is 20.3 Å². The highest BCUT2D eigenvalue weighted by Crippen LogP contribution is 2.32. The molecule has 2 aromatic heterocycles. The van der Waals surface area contributed by atoms with Gasteiger partial charge in [0.05, 0.1) is 12.8 Å². The molecule has 10 heteroatoms. The van der Waals surface area contributed by atoms with Crippen molar-refractivity contribution in [2.24, 2.45) is 0 Å². The van der Waals surface area contributed by atoms with Crippen LogP contribution in [-0.4, -0.2) is 63.7 Å². The smallest absolute Gasteiger partial charge is 0.254 e. The van der Waals surface area contributed by atoms with Gasteiger partial charge in [0.15, 0.2) is 0 Å². The molecule has 35 heavy (non-hydrogen) atoms. The molecule has 1 atom stereocenters. The van der Waals surface area contributed by atoms with Crippen molar-refractivity contribution in [1.82, 2.24) is 30.2 Å². The number of amides is 2. The summed E-state index contributed by atoms with van der Waals surface area (Å²) in [6.45, 7) is 3.04. The summed E-state index contributed by atoms with van der Waals surface area (Å²) in [5, 5.41) is 10.4. The maximum atomic E-state index is 13.1. The third-order valence-electron chi connectivity index (χ3n) is 6.83. The summed E-state index contributed by atoms with van der Waals surface area (Å²) in [5.74, 6) is 2.07. The number of anilines is 1. The standard InChI is InChI=1S/C25H31N7O3/c1-16(33)28-22(14-17-5-3-6-19(13-17)35-2)23(34)29-18-9-11-31(12-10-18)24-20-7-4-8-21(20)30-25-26-15-27-32(24)25/h3,5-6,13,15,18,22H,4,7-12,14H2,1-2H3,(H,28,33)(H,29,34)/t22-/m0/s1. The molecule has 2 amide bonds. The Kier molecular flexibility index (Phi) is 6.52. The van der Waals surface area contributed by atoms with Gasteiger partial charge in [0, 0.05) is 38.0 Å². The molecule has 3 aromatic rings. The van der Waals surface area contributed by atoms with E-state index in [2.05, 4.69) is 30.6 Å². The number of carbonyl (C=O) groups is 2. The van der Waals surface area contributed by atoms with Gasteiger partial charge in [-0.05, 0) is 49.8 Å². The first kappa shape index (κ1) is 23.1. The quantitative estimate of drug-likeness (QED) is 0.530. The summed E-state index contributed by atoms with van der Waals surface area (Å²) < 4.78 is 7.14. The third kappa shape index (κ3) is 4.91. The summed E-state index contributed by atoms with van der Waals surface area (Å²) in [5.41, 5.74) is 3.33. The molecule has 0 saturated carbocycles. The minimum atomic E-state index is -0.643. The van der Waals surface area contributed by atoms with E-state index in [4.69, 9.17) is 4.74 Å². The number of hydrogen-bond donors (Lipinski definition) is 2. The molecule has 0 bridgehead atoms. The molecule has 0 spiro atoms. The third-order valence-corrected chi connectivity index (χ3v) is 6.83. The largest absolute Gasteiger partial charge is 0.497 e. The number of aromatic nitrogens is 4. The lowest BCUT2D eigenvalue weighted by molar-refractivity contribution is -0.128. The molecule has 2 aliphatic rings. The molecule has 1 aromatic carbocycles. The number of rotatable bonds is 7. The number of hydrogen-bond acceptors (Lipinski definition) is 7. The highest BCUT2D eigenvalue weighted by Gasteiger charge is 2.30. The Morgan fingerprint density at radius 2 is 2.06 bits per heavy atom. The molecule has 3 heterocycles. The van der Waals surface area contributed by atoms with Crippen LogP contribution in [0, 0.1) is 0 Å². The molecular formula is C25H31N7O3. The zero-order valence-electron chi connectivity index (χ0n) is 20.2. The molecule has 0 radical (unpaired) electrons. The van der Waals surface area contributed by atoms with E-state index in [0.29, 0.717) is 12.2 Å². The van der Waals surface area contributed by atoms with Crippen LogP contribution in [0.5, 0.6) is 5.75 Å². The van der Waals surface area contributed by atoms with Gasteiger partial charge >= 0.3 is 0 Å². The van der Waals surface area contributed by atoms with E-state index in [1.54, 1.807) is 13.4 Å². The minimum absolute atomic E-state index is 0.0430. The number of carbonyl (C=O) groups excluding carboxylic acids is 2. The Labute approximate surface area is 204 Å². The second kappa shape index (κ2) is 9.89. The van der Waals surface area contributed by atoms with E-state index in [9.17, 15) is 9.59 Å². The first-order valence-corrected chi connectivity index (χ1v) is 12.2. The molecule has 184 valence electrons. The van der Waals surface area contributed by atoms with Gasteiger partial charge in [-0.3, -0.25) is 9.59 Å². The fourth-order valence-corrected chi connectivity index (χ4v) is 5.15. The Bertz CT molecular complexity index is 1230. The highest BCUT2D eigenvalue weighted by atomic mass is 16.5. The topological polar surface area (TPSA) is 114 Å². The van der Waals surface area contributed by atoms with E-state index in [1.807, 2.05) is 28.8 Å². The van der Waals surface area contributed by atoms with Crippen LogP contribution in [0.1, 0.15) is 43.0 Å². The predicted molar refractivity (Wildman–Crippen MR) is 130 cm³/mol. The van der Waals surface area contributed by atoms with Crippen LogP contribution in [-0.2, 0) is 28.9 Å². The van der Waals surface area contributed by atoms with Crippen molar-refractivity contribution in [3.63, 3.8) is 0 Å². The van der Waals surface area contributed by atoms with Crippen molar-refractivity contribution < 1.29 is 14.3 Å². The van der Waals surface area contributed by atoms with Crippen molar-refractivity contribution in [1.29, 1.82) is 0 Å². The number of fused-ring (bicyclic) bond motifs is 2. The maximum absolute atomic E-state index is 13.1. The van der Waals surface area contributed by atoms with Crippen LogP contribution in [0.3, 0.4) is 0 Å². The number of aryl methyl sites for hydroxylation is 1. The van der Waals surface area contributed by atoms with Gasteiger partial charge in [0.25, 0.3) is 5.78 Å². The highest BCUT2D eigenvalue weighted by molar-refractivity contribution is 5.87. The number of nitrogens with zero attached hydrogens (tertiary/aromatic N) is 5. The fraction of sp³-hybridized carbons (Fsp3) is 0.480. The summed E-state index contributed by atoms with van der Waals surface area (Å²) in [6.07, 6.45) is 6.67. The van der Waals surface area contributed by atoms with Crippen LogP contribution in [0.2, 0.25) is 0 Å². The molecule has 10 nitrogen and oxygen atoms in total. The lowest BCUT2D eigenvalue weighted by atomic mass is 10.0. The lowest BCUT2D eigenvalue weighted by Crippen LogP contribution is -2.52. The summed E-state index contributed by atoms with van der Waals surface area (Å²) in [7, 11) is 1.61. The molecule has 0 unspecified atom stereocenters. The van der Waals surface area contributed by atoms with Gasteiger partial charge in [-0.2, -0.15) is 14.6 Å². The van der Waals surface area contributed by atoms with Gasteiger partial charge in [0.1, 0.15) is 23.9 Å². The number of nitrogens with one attached hydrogen (secondary N) is 2. The lowest BCUT2D eigenvalue weighted by Gasteiger charge is -2.35. The van der Waals surface area contributed by atoms with E-state index < -0.39 is 6.04 Å². The molecule has 1 saturated heterocycles. The Hall–Kier alpha value is -3.69. The first-order chi connectivity index (χ1) is 17.0. The molecule has 1 fully saturated rings. The van der Waals surface area contributed by atoms with Crippen molar-refractivity contribution in [2.75, 3.05) is 25.1 Å². The molecule has 5 rings (SSSR count). The zero-order valence-corrected chi connectivity index (χ0v) is 20.2. The fourth-order valence-electron chi connectivity index (χ4n) is 5.15. The average Bonchev–Trinajstić information content (AvgIpc) is 3.52. The van der Waals surface area contributed by atoms with E-state index >= 15 is 0 Å². The normalized spacial score (nSPS) is 16.7. The van der Waals surface area contributed by atoms with Crippen LogP contribution in [0.15, 0.2) is 30.6 Å². The van der Waals surface area contributed by atoms with Gasteiger partial charge in [-0.15, -0.1) is 0 Å². The summed E-state index contributed by atoms with van der Waals surface area (Å²) in [6, 6.07) is 6.96. The molecule has 1 aliphatic heterocycles. The van der Waals surface area contributed by atoms with Crippen molar-refractivity contribution in [3.05, 3.63) is 47.4 Å². The Morgan fingerprint density at radius 1 is 1.23 bits per heavy atom. The maximum Gasteiger partial charge on any atom is 0.254 e. The van der Waals surface area contributed by atoms with Crippen LogP contribution in [0.25, 0.3) is 5.78 Å². The van der Waals surface area contributed by atoms with Crippen LogP contribution < -0.4 is 20.3 Å². The Balaban J connectivity index is 1.25. The number of ether oxygens (including phenoxy) is 1. The van der Waals surface area contributed by atoms with E-state index in [1.165, 1.54) is 12.5 Å². The molecule has 1 aliphatic carbocycles. The van der Waals surface area contributed by atoms with Crippen molar-refractivity contribution in [2.45, 2.75) is 57.5 Å². The number of piperidine rings is 1. The van der Waals surface area contributed by atoms with Crippen molar-refractivity contribution >= 4 is 23.4 Å². The second-order valence-electron chi connectivity index (χ2n) is 9.26. The summed E-state index contributed by atoms with van der Waals surface area (Å²) in [4.78, 5) is 36.3. The van der Waals surface area contributed by atoms with Crippen LogP contribution in [0.4, 0.5) is 5.82 Å². The SMILES string of the molecule is COc1cccc(C[C@H](NC(C)=O)C(=O)NC2CCN(c3c4c(nc5ncnn35)CCC4)CC2)c1. The summed E-state index contributed by atoms with van der Waals surface area (Å²) >= 11 is 0. The number of benzene rings is 1. The monoisotopic (exact) mass is 477 g/mol. The van der Waals surface area contributed by atoms with Crippen molar-refractivity contribution in [3.8, 4) is 5.75 Å². The average molecular weight is 478 g/mol. The Morgan fingerprint density at radius 3 is 2.83 bits per heavy atom. The molecule has 2 N–H and O–H groups in total. The van der Waals surface area contributed by atoms with Crippen LogP contribution >= 0.6 is 0 Å². The van der Waals surface area contributed by atoms with Gasteiger partial charge in [-0.25, -0.2) is 4.98 Å². The second-order valence-corrected chi connectivity index (χ2v) is 9.26.